The molecule has 0 aromatic heterocycles. The Balaban J connectivity index is 1.88. The Morgan fingerprint density at radius 2 is 1.70 bits per heavy atom. The Morgan fingerprint density at radius 3 is 2.30 bits per heavy atom. The van der Waals surface area contributed by atoms with Crippen LogP contribution in [0.15, 0.2) is 54.6 Å². The lowest BCUT2D eigenvalue weighted by atomic mass is 10.1. The second kappa shape index (κ2) is 7.68. The highest BCUT2D eigenvalue weighted by Crippen LogP contribution is 2.12. The van der Waals surface area contributed by atoms with Crippen LogP contribution in [0.2, 0.25) is 0 Å². The largest absolute Gasteiger partial charge is 0.497 e. The summed E-state index contributed by atoms with van der Waals surface area (Å²) in [5.74, 6) is 0.853. The summed E-state index contributed by atoms with van der Waals surface area (Å²) in [6.07, 6.45) is 0.799. The third-order valence-electron chi connectivity index (χ3n) is 3.30. The lowest BCUT2D eigenvalue weighted by molar-refractivity contribution is 0.241. The first kappa shape index (κ1) is 14.6. The van der Waals surface area contributed by atoms with Gasteiger partial charge in [0.1, 0.15) is 5.75 Å². The van der Waals surface area contributed by atoms with Gasteiger partial charge in [0.25, 0.3) is 0 Å². The smallest absolute Gasteiger partial charge is 0.118 e. The van der Waals surface area contributed by atoms with Crippen LogP contribution in [-0.2, 0) is 13.0 Å². The molecule has 0 saturated carbocycles. The first-order chi connectivity index (χ1) is 9.81. The number of hydrogen-bond donors (Lipinski definition) is 2. The fraction of sp³-hybridized carbons (Fsp3) is 0.294. The Labute approximate surface area is 120 Å². The number of aliphatic hydroxyl groups excluding tert-OH is 1. The fourth-order valence-corrected chi connectivity index (χ4v) is 2.11. The van der Waals surface area contributed by atoms with Gasteiger partial charge in [-0.1, -0.05) is 42.5 Å². The van der Waals surface area contributed by atoms with Crippen LogP contribution in [-0.4, -0.2) is 24.9 Å². The van der Waals surface area contributed by atoms with Gasteiger partial charge in [0.2, 0.25) is 0 Å². The zero-order valence-corrected chi connectivity index (χ0v) is 11.8. The molecule has 2 aromatic carbocycles. The van der Waals surface area contributed by atoms with Crippen molar-refractivity contribution >= 4 is 0 Å². The minimum absolute atomic E-state index is 0.0589. The maximum Gasteiger partial charge on any atom is 0.118 e. The molecule has 0 saturated heterocycles. The van der Waals surface area contributed by atoms with Crippen LogP contribution < -0.4 is 10.1 Å². The van der Waals surface area contributed by atoms with Crippen molar-refractivity contribution in [1.82, 2.24) is 5.32 Å². The van der Waals surface area contributed by atoms with Crippen LogP contribution in [0.25, 0.3) is 0 Å². The molecule has 0 heterocycles. The summed E-state index contributed by atoms with van der Waals surface area (Å²) in [4.78, 5) is 0. The van der Waals surface area contributed by atoms with Gasteiger partial charge < -0.3 is 15.2 Å². The average molecular weight is 271 g/mol. The number of aliphatic hydroxyl groups is 1. The Kier molecular flexibility index (Phi) is 5.59. The van der Waals surface area contributed by atoms with E-state index in [0.29, 0.717) is 0 Å². The van der Waals surface area contributed by atoms with E-state index in [0.717, 1.165) is 18.7 Å². The molecule has 0 bridgehead atoms. The molecule has 0 spiro atoms. The molecule has 0 fully saturated rings. The van der Waals surface area contributed by atoms with Gasteiger partial charge in [-0.3, -0.25) is 0 Å². The van der Waals surface area contributed by atoms with Crippen LogP contribution in [0.4, 0.5) is 0 Å². The van der Waals surface area contributed by atoms with Crippen molar-refractivity contribution in [2.45, 2.75) is 19.0 Å². The van der Waals surface area contributed by atoms with Gasteiger partial charge in [0.05, 0.1) is 13.7 Å². The molecular formula is C17H21NO2. The average Bonchev–Trinajstić information content (AvgIpc) is 2.53. The van der Waals surface area contributed by atoms with Gasteiger partial charge >= 0.3 is 0 Å². The maximum absolute atomic E-state index is 9.48. The number of rotatable bonds is 7. The molecule has 0 aliphatic rings. The first-order valence-electron chi connectivity index (χ1n) is 6.83. The molecule has 0 unspecified atom stereocenters. The van der Waals surface area contributed by atoms with Crippen LogP contribution in [0.5, 0.6) is 5.75 Å². The molecular weight excluding hydrogens is 250 g/mol. The minimum atomic E-state index is 0.0589. The summed E-state index contributed by atoms with van der Waals surface area (Å²) in [5.41, 5.74) is 2.41. The quantitative estimate of drug-likeness (QED) is 0.812. The molecule has 3 nitrogen and oxygen atoms in total. The van der Waals surface area contributed by atoms with E-state index in [9.17, 15) is 5.11 Å². The van der Waals surface area contributed by atoms with E-state index in [4.69, 9.17) is 4.74 Å². The van der Waals surface area contributed by atoms with Gasteiger partial charge in [-0.25, -0.2) is 0 Å². The van der Waals surface area contributed by atoms with Gasteiger partial charge in [-0.15, -0.1) is 0 Å². The third-order valence-corrected chi connectivity index (χ3v) is 3.30. The molecule has 106 valence electrons. The van der Waals surface area contributed by atoms with E-state index in [1.54, 1.807) is 7.11 Å². The van der Waals surface area contributed by atoms with E-state index in [1.165, 1.54) is 11.1 Å². The number of ether oxygens (including phenoxy) is 1. The van der Waals surface area contributed by atoms with Crippen molar-refractivity contribution in [3.63, 3.8) is 0 Å². The van der Waals surface area contributed by atoms with Crippen LogP contribution in [0.3, 0.4) is 0 Å². The van der Waals surface area contributed by atoms with Gasteiger partial charge in [-0.05, 0) is 29.7 Å². The standard InChI is InChI=1S/C17H21NO2/c1-20-17-9-7-14(8-10-17)11-16(13-19)18-12-15-5-3-2-4-6-15/h2-10,16,18-19H,11-13H2,1H3/t16-/m0/s1. The van der Waals surface area contributed by atoms with Crippen molar-refractivity contribution in [3.05, 3.63) is 65.7 Å². The Bertz CT molecular complexity index is 496. The minimum Gasteiger partial charge on any atom is -0.497 e. The lowest BCUT2D eigenvalue weighted by Crippen LogP contribution is -2.34. The van der Waals surface area contributed by atoms with E-state index < -0.39 is 0 Å². The highest BCUT2D eigenvalue weighted by molar-refractivity contribution is 5.27. The van der Waals surface area contributed by atoms with E-state index in [2.05, 4.69) is 17.4 Å². The fourth-order valence-electron chi connectivity index (χ4n) is 2.11. The van der Waals surface area contributed by atoms with E-state index >= 15 is 0 Å². The third kappa shape index (κ3) is 4.37. The van der Waals surface area contributed by atoms with Crippen LogP contribution in [0.1, 0.15) is 11.1 Å². The lowest BCUT2D eigenvalue weighted by Gasteiger charge is -2.16. The predicted octanol–water partition coefficient (Wildman–Crippen LogP) is 2.39. The van der Waals surface area contributed by atoms with Crippen molar-refractivity contribution in [1.29, 1.82) is 0 Å². The monoisotopic (exact) mass is 271 g/mol. The molecule has 2 N–H and O–H groups in total. The van der Waals surface area contributed by atoms with E-state index in [-0.39, 0.29) is 12.6 Å². The number of hydrogen-bond acceptors (Lipinski definition) is 3. The van der Waals surface area contributed by atoms with Gasteiger partial charge in [0.15, 0.2) is 0 Å². The molecule has 20 heavy (non-hydrogen) atoms. The summed E-state index contributed by atoms with van der Waals surface area (Å²) in [5, 5.41) is 12.9. The SMILES string of the molecule is COc1ccc(C[C@@H](CO)NCc2ccccc2)cc1. The highest BCUT2D eigenvalue weighted by atomic mass is 16.5. The summed E-state index contributed by atoms with van der Waals surface area (Å²) in [6, 6.07) is 18.2. The molecule has 2 aromatic rings. The highest BCUT2D eigenvalue weighted by Gasteiger charge is 2.08. The summed E-state index contributed by atoms with van der Waals surface area (Å²) < 4.78 is 5.14. The van der Waals surface area contributed by atoms with E-state index in [1.807, 2.05) is 42.5 Å². The summed E-state index contributed by atoms with van der Waals surface area (Å²) in [6.45, 7) is 0.890. The van der Waals surface area contributed by atoms with Gasteiger partial charge in [0, 0.05) is 12.6 Å². The van der Waals surface area contributed by atoms with Crippen molar-refractivity contribution in [2.24, 2.45) is 0 Å². The zero-order valence-electron chi connectivity index (χ0n) is 11.8. The molecule has 2 rings (SSSR count). The molecule has 0 aliphatic carbocycles. The molecule has 3 heteroatoms. The molecule has 0 radical (unpaired) electrons. The number of nitrogens with one attached hydrogen (secondary N) is 1. The van der Waals surface area contributed by atoms with Crippen molar-refractivity contribution in [3.8, 4) is 5.75 Å². The summed E-state index contributed by atoms with van der Waals surface area (Å²) >= 11 is 0. The molecule has 0 aliphatic heterocycles. The van der Waals surface area contributed by atoms with Crippen molar-refractivity contribution in [2.75, 3.05) is 13.7 Å². The second-order valence-electron chi connectivity index (χ2n) is 4.80. The van der Waals surface area contributed by atoms with Crippen LogP contribution in [0, 0.1) is 0 Å². The predicted molar refractivity (Wildman–Crippen MR) is 80.9 cm³/mol. The number of methoxy groups -OCH3 is 1. The Morgan fingerprint density at radius 1 is 1.00 bits per heavy atom. The molecule has 1 atom stereocenters. The topological polar surface area (TPSA) is 41.5 Å². The van der Waals surface area contributed by atoms with Crippen LogP contribution >= 0.6 is 0 Å². The van der Waals surface area contributed by atoms with Gasteiger partial charge in [-0.2, -0.15) is 0 Å². The zero-order chi connectivity index (χ0) is 14.2. The van der Waals surface area contributed by atoms with Crippen molar-refractivity contribution < 1.29 is 9.84 Å². The maximum atomic E-state index is 9.48. The Hall–Kier alpha value is -1.84. The molecule has 0 amide bonds. The second-order valence-corrected chi connectivity index (χ2v) is 4.80. The first-order valence-corrected chi connectivity index (χ1v) is 6.83. The number of benzene rings is 2. The normalized spacial score (nSPS) is 12.1. The summed E-state index contributed by atoms with van der Waals surface area (Å²) in [7, 11) is 1.66.